The molecule has 7 heteroatoms. The molecule has 1 aromatic heterocycles. The molecule has 0 saturated carbocycles. The Morgan fingerprint density at radius 1 is 1.15 bits per heavy atom. The fraction of sp³-hybridized carbons (Fsp3) is 0.150. The van der Waals surface area contributed by atoms with Crippen LogP contribution in [0.4, 0.5) is 0 Å². The highest BCUT2D eigenvalue weighted by molar-refractivity contribution is 7.84. The first kappa shape index (κ1) is 18.7. The number of carbonyl (C=O) groups is 2. The maximum atomic E-state index is 11.8. The van der Waals surface area contributed by atoms with Crippen LogP contribution in [0.2, 0.25) is 0 Å². The Balaban J connectivity index is 1.99. The van der Waals surface area contributed by atoms with Crippen LogP contribution in [0, 0.1) is 0 Å². The van der Waals surface area contributed by atoms with Gasteiger partial charge in [0.25, 0.3) is 0 Å². The average Bonchev–Trinajstić information content (AvgIpc) is 2.68. The Morgan fingerprint density at radius 3 is 2.67 bits per heavy atom. The van der Waals surface area contributed by atoms with Crippen LogP contribution in [0.5, 0.6) is 11.5 Å². The summed E-state index contributed by atoms with van der Waals surface area (Å²) in [7, 11) is 0.173. The molecule has 1 heterocycles. The number of aromatic nitrogens is 1. The number of benzene rings is 2. The molecule has 0 radical (unpaired) electrons. The van der Waals surface area contributed by atoms with E-state index in [9.17, 15) is 13.8 Å². The number of carbonyl (C=O) groups excluding carboxylic acids is 2. The maximum Gasteiger partial charge on any atom is 0.309 e. The van der Waals surface area contributed by atoms with Crippen molar-refractivity contribution in [2.24, 2.45) is 0 Å². The molecule has 2 aromatic carbocycles. The van der Waals surface area contributed by atoms with E-state index in [1.807, 2.05) is 0 Å². The summed E-state index contributed by atoms with van der Waals surface area (Å²) in [6.45, 7) is 0. The monoisotopic (exact) mass is 383 g/mol. The van der Waals surface area contributed by atoms with Crippen molar-refractivity contribution in [3.05, 3.63) is 59.8 Å². The minimum atomic E-state index is -1.14. The number of fused-ring (bicyclic) bond motifs is 1. The second-order valence-electron chi connectivity index (χ2n) is 5.79. The predicted octanol–water partition coefficient (Wildman–Crippen LogP) is 3.29. The van der Waals surface area contributed by atoms with Gasteiger partial charge in [-0.05, 0) is 42.0 Å². The van der Waals surface area contributed by atoms with E-state index in [2.05, 4.69) is 9.72 Å². The number of esters is 1. The van der Waals surface area contributed by atoms with Crippen LogP contribution in [0.15, 0.2) is 53.6 Å². The molecule has 0 fully saturated rings. The Labute approximate surface area is 158 Å². The Bertz CT molecular complexity index is 1050. The van der Waals surface area contributed by atoms with Gasteiger partial charge in [-0.2, -0.15) is 0 Å². The normalized spacial score (nSPS) is 11.8. The zero-order chi connectivity index (χ0) is 19.4. The van der Waals surface area contributed by atoms with E-state index in [1.165, 1.54) is 7.11 Å². The zero-order valence-corrected chi connectivity index (χ0v) is 15.6. The summed E-state index contributed by atoms with van der Waals surface area (Å²) in [5.41, 5.74) is 1.66. The second kappa shape index (κ2) is 8.09. The number of ether oxygens (including phenoxy) is 2. The molecule has 0 amide bonds. The summed E-state index contributed by atoms with van der Waals surface area (Å²) >= 11 is 0. The van der Waals surface area contributed by atoms with Crippen LogP contribution in [0.25, 0.3) is 10.9 Å². The fourth-order valence-corrected chi connectivity index (χ4v) is 3.16. The molecule has 0 aliphatic carbocycles. The van der Waals surface area contributed by atoms with Crippen molar-refractivity contribution in [3.8, 4) is 11.5 Å². The van der Waals surface area contributed by atoms with Gasteiger partial charge in [-0.1, -0.05) is 6.07 Å². The number of hydrogen-bond donors (Lipinski definition) is 0. The number of pyridine rings is 1. The van der Waals surface area contributed by atoms with Crippen LogP contribution >= 0.6 is 0 Å². The molecule has 6 nitrogen and oxygen atoms in total. The van der Waals surface area contributed by atoms with Crippen molar-refractivity contribution >= 4 is 34.0 Å². The highest BCUT2D eigenvalue weighted by atomic mass is 32.2. The fourth-order valence-electron chi connectivity index (χ4n) is 2.62. The molecule has 0 aliphatic heterocycles. The molecule has 27 heavy (non-hydrogen) atoms. The average molecular weight is 383 g/mol. The summed E-state index contributed by atoms with van der Waals surface area (Å²) in [5, 5.41) is 0.695. The number of nitrogens with zero attached hydrogens (tertiary/aromatic N) is 1. The van der Waals surface area contributed by atoms with Crippen molar-refractivity contribution in [2.75, 3.05) is 13.4 Å². The van der Waals surface area contributed by atoms with E-state index in [0.717, 1.165) is 0 Å². The molecule has 3 aromatic rings. The van der Waals surface area contributed by atoms with Crippen molar-refractivity contribution in [3.63, 3.8) is 0 Å². The largest absolute Gasteiger partial charge is 0.469 e. The number of aldehydes is 1. The van der Waals surface area contributed by atoms with Crippen molar-refractivity contribution in [1.82, 2.24) is 4.98 Å². The Hall–Kier alpha value is -3.06. The maximum absolute atomic E-state index is 11.8. The second-order valence-corrected chi connectivity index (χ2v) is 7.17. The minimum absolute atomic E-state index is 0.0709. The van der Waals surface area contributed by atoms with E-state index in [0.29, 0.717) is 44.7 Å². The Kier molecular flexibility index (Phi) is 5.61. The lowest BCUT2D eigenvalue weighted by Crippen LogP contribution is -2.05. The summed E-state index contributed by atoms with van der Waals surface area (Å²) in [6.07, 6.45) is 3.95. The lowest BCUT2D eigenvalue weighted by molar-refractivity contribution is -0.139. The number of methoxy groups -OCH3 is 1. The third kappa shape index (κ3) is 4.20. The third-order valence-corrected chi connectivity index (χ3v) is 4.92. The summed E-state index contributed by atoms with van der Waals surface area (Å²) < 4.78 is 22.4. The molecular formula is C20H17NO5S. The first-order valence-electron chi connectivity index (χ1n) is 8.07. The lowest BCUT2D eigenvalue weighted by atomic mass is 10.1. The molecule has 3 rings (SSSR count). The highest BCUT2D eigenvalue weighted by Gasteiger charge is 2.12. The van der Waals surface area contributed by atoms with Gasteiger partial charge in [-0.25, -0.2) is 0 Å². The van der Waals surface area contributed by atoms with Gasteiger partial charge in [0.1, 0.15) is 11.5 Å². The summed E-state index contributed by atoms with van der Waals surface area (Å²) in [6, 6.07) is 11.9. The zero-order valence-electron chi connectivity index (χ0n) is 14.8. The summed E-state index contributed by atoms with van der Waals surface area (Å²) in [5.74, 6) is 0.464. The van der Waals surface area contributed by atoms with E-state index < -0.39 is 10.8 Å². The van der Waals surface area contributed by atoms with Gasteiger partial charge >= 0.3 is 5.97 Å². The molecule has 0 bridgehead atoms. The molecule has 0 saturated heterocycles. The van der Waals surface area contributed by atoms with Gasteiger partial charge in [0.2, 0.25) is 0 Å². The molecule has 0 aliphatic rings. The topological polar surface area (TPSA) is 82.6 Å². The standard InChI is InChI=1S/C20H17NO5S/c1-25-20(23)10-13-3-6-18(14(9-13)12-22)26-19-7-8-21-17-5-4-15(27(2)24)11-16(17)19/h3-9,11-12H,10H2,1-2H3. The van der Waals surface area contributed by atoms with Crippen LogP contribution in [0.3, 0.4) is 0 Å². The first-order chi connectivity index (χ1) is 13.0. The third-order valence-electron chi connectivity index (χ3n) is 4.00. The van der Waals surface area contributed by atoms with Crippen molar-refractivity contribution < 1.29 is 23.3 Å². The molecule has 1 atom stereocenters. The van der Waals surface area contributed by atoms with Gasteiger partial charge in [0.15, 0.2) is 6.29 Å². The molecular weight excluding hydrogens is 366 g/mol. The molecule has 1 unspecified atom stereocenters. The first-order valence-corrected chi connectivity index (χ1v) is 9.62. The van der Waals surface area contributed by atoms with Crippen LogP contribution in [-0.4, -0.2) is 34.8 Å². The van der Waals surface area contributed by atoms with Gasteiger partial charge in [-0.3, -0.25) is 18.8 Å². The van der Waals surface area contributed by atoms with Crippen molar-refractivity contribution in [2.45, 2.75) is 11.3 Å². The molecule has 138 valence electrons. The van der Waals surface area contributed by atoms with Crippen LogP contribution in [-0.2, 0) is 26.8 Å². The summed E-state index contributed by atoms with van der Waals surface area (Å²) in [4.78, 5) is 27.8. The quantitative estimate of drug-likeness (QED) is 0.480. The van der Waals surface area contributed by atoms with E-state index in [-0.39, 0.29) is 12.4 Å². The van der Waals surface area contributed by atoms with Crippen LogP contribution < -0.4 is 4.74 Å². The number of hydrogen-bond acceptors (Lipinski definition) is 6. The SMILES string of the molecule is COC(=O)Cc1ccc(Oc2ccnc3ccc(S(C)=O)cc23)c(C=O)c1. The molecule has 0 spiro atoms. The Morgan fingerprint density at radius 2 is 1.96 bits per heavy atom. The van der Waals surface area contributed by atoms with E-state index >= 15 is 0 Å². The lowest BCUT2D eigenvalue weighted by Gasteiger charge is -2.12. The van der Waals surface area contributed by atoms with E-state index in [4.69, 9.17) is 4.74 Å². The highest BCUT2D eigenvalue weighted by Crippen LogP contribution is 2.32. The van der Waals surface area contributed by atoms with Crippen molar-refractivity contribution in [1.29, 1.82) is 0 Å². The van der Waals surface area contributed by atoms with Gasteiger partial charge in [0.05, 0.1) is 24.6 Å². The van der Waals surface area contributed by atoms with Gasteiger partial charge in [-0.15, -0.1) is 0 Å². The minimum Gasteiger partial charge on any atom is -0.469 e. The van der Waals surface area contributed by atoms with Gasteiger partial charge in [0, 0.05) is 33.5 Å². The van der Waals surface area contributed by atoms with E-state index in [1.54, 1.807) is 54.9 Å². The molecule has 0 N–H and O–H groups in total. The van der Waals surface area contributed by atoms with Crippen LogP contribution in [0.1, 0.15) is 15.9 Å². The predicted molar refractivity (Wildman–Crippen MR) is 102 cm³/mol. The number of rotatable bonds is 6. The van der Waals surface area contributed by atoms with Gasteiger partial charge < -0.3 is 9.47 Å². The smallest absolute Gasteiger partial charge is 0.309 e.